The topological polar surface area (TPSA) is 55.1 Å². The van der Waals surface area contributed by atoms with E-state index in [2.05, 4.69) is 5.32 Å². The van der Waals surface area contributed by atoms with Crippen molar-refractivity contribution in [2.24, 2.45) is 5.73 Å². The Morgan fingerprint density at radius 3 is 2.20 bits per heavy atom. The van der Waals surface area contributed by atoms with Crippen molar-refractivity contribution in [3.05, 3.63) is 0 Å². The maximum atomic E-state index is 12.8. The molecule has 0 aromatic carbocycles. The Hall–Kier alpha value is -0.640. The van der Waals surface area contributed by atoms with Gasteiger partial charge < -0.3 is 11.1 Å². The SMILES string of the molecule is CNC(=O)[C@H](N)C(C)(C)F. The molecule has 0 fully saturated rings. The molecule has 0 aliphatic rings. The summed E-state index contributed by atoms with van der Waals surface area (Å²) in [7, 11) is 1.42. The van der Waals surface area contributed by atoms with Gasteiger partial charge in [0.05, 0.1) is 0 Å². The fraction of sp³-hybridized carbons (Fsp3) is 0.833. The maximum Gasteiger partial charge on any atom is 0.239 e. The number of likely N-dealkylation sites (N-methyl/N-ethyl adjacent to an activating group) is 1. The zero-order valence-electron chi connectivity index (χ0n) is 6.44. The Morgan fingerprint density at radius 2 is 2.10 bits per heavy atom. The first kappa shape index (κ1) is 9.36. The van der Waals surface area contributed by atoms with Crippen molar-refractivity contribution >= 4 is 5.91 Å². The van der Waals surface area contributed by atoms with Crippen LogP contribution in [0.5, 0.6) is 0 Å². The summed E-state index contributed by atoms with van der Waals surface area (Å²) in [5.74, 6) is -0.479. The number of alkyl halides is 1. The average molecular weight is 148 g/mol. The predicted molar refractivity (Wildman–Crippen MR) is 37.2 cm³/mol. The van der Waals surface area contributed by atoms with E-state index in [1.165, 1.54) is 20.9 Å². The fourth-order valence-electron chi connectivity index (χ4n) is 0.467. The van der Waals surface area contributed by atoms with E-state index in [-0.39, 0.29) is 0 Å². The van der Waals surface area contributed by atoms with Gasteiger partial charge >= 0.3 is 0 Å². The van der Waals surface area contributed by atoms with Gasteiger partial charge in [-0.2, -0.15) is 0 Å². The van der Waals surface area contributed by atoms with E-state index in [0.29, 0.717) is 0 Å². The van der Waals surface area contributed by atoms with Crippen LogP contribution in [0.25, 0.3) is 0 Å². The molecule has 0 unspecified atom stereocenters. The van der Waals surface area contributed by atoms with Gasteiger partial charge in [-0.15, -0.1) is 0 Å². The van der Waals surface area contributed by atoms with Crippen LogP contribution in [0.2, 0.25) is 0 Å². The van der Waals surface area contributed by atoms with Gasteiger partial charge in [0, 0.05) is 7.05 Å². The summed E-state index contributed by atoms with van der Waals surface area (Å²) in [5.41, 5.74) is 3.57. The van der Waals surface area contributed by atoms with Crippen LogP contribution in [0.3, 0.4) is 0 Å². The minimum atomic E-state index is -1.65. The predicted octanol–water partition coefficient (Wildman–Crippen LogP) is -0.192. The average Bonchev–Trinajstić information content (AvgIpc) is 1.83. The quantitative estimate of drug-likeness (QED) is 0.570. The second-order valence-electron chi connectivity index (χ2n) is 2.66. The third-order valence-electron chi connectivity index (χ3n) is 1.27. The van der Waals surface area contributed by atoms with E-state index in [4.69, 9.17) is 5.73 Å². The molecule has 0 heterocycles. The largest absolute Gasteiger partial charge is 0.358 e. The fourth-order valence-corrected chi connectivity index (χ4v) is 0.467. The van der Waals surface area contributed by atoms with Crippen LogP contribution in [0.15, 0.2) is 0 Å². The van der Waals surface area contributed by atoms with Crippen molar-refractivity contribution in [1.82, 2.24) is 5.32 Å². The molecule has 4 heteroatoms. The molecule has 0 radical (unpaired) electrons. The molecule has 0 aliphatic carbocycles. The molecule has 0 bridgehead atoms. The van der Waals surface area contributed by atoms with Crippen molar-refractivity contribution in [2.45, 2.75) is 25.6 Å². The number of nitrogens with one attached hydrogen (secondary N) is 1. The Morgan fingerprint density at radius 1 is 1.70 bits per heavy atom. The van der Waals surface area contributed by atoms with Gasteiger partial charge in [-0.05, 0) is 13.8 Å². The molecule has 0 aromatic heterocycles. The first-order chi connectivity index (χ1) is 4.39. The first-order valence-corrected chi connectivity index (χ1v) is 3.05. The van der Waals surface area contributed by atoms with E-state index >= 15 is 0 Å². The van der Waals surface area contributed by atoms with Crippen LogP contribution in [0.1, 0.15) is 13.8 Å². The summed E-state index contributed by atoms with van der Waals surface area (Å²) in [6.07, 6.45) is 0. The number of nitrogens with two attached hydrogens (primary N) is 1. The first-order valence-electron chi connectivity index (χ1n) is 3.05. The molecule has 0 saturated carbocycles. The summed E-state index contributed by atoms with van der Waals surface area (Å²) in [4.78, 5) is 10.7. The Labute approximate surface area is 59.8 Å². The second-order valence-corrected chi connectivity index (χ2v) is 2.66. The lowest BCUT2D eigenvalue weighted by Gasteiger charge is -2.20. The number of hydrogen-bond acceptors (Lipinski definition) is 2. The van der Waals surface area contributed by atoms with Crippen molar-refractivity contribution < 1.29 is 9.18 Å². The number of carbonyl (C=O) groups excluding carboxylic acids is 1. The molecule has 10 heavy (non-hydrogen) atoms. The highest BCUT2D eigenvalue weighted by Gasteiger charge is 2.30. The normalized spacial score (nSPS) is 14.5. The highest BCUT2D eigenvalue weighted by Crippen LogP contribution is 2.11. The zero-order valence-corrected chi connectivity index (χ0v) is 6.44. The zero-order chi connectivity index (χ0) is 8.36. The molecule has 60 valence electrons. The standard InChI is InChI=1S/C6H13FN2O/c1-6(2,7)4(8)5(10)9-3/h4H,8H2,1-3H3,(H,9,10)/t4-/m0/s1. The van der Waals surface area contributed by atoms with E-state index in [1.807, 2.05) is 0 Å². The van der Waals surface area contributed by atoms with Crippen LogP contribution in [0, 0.1) is 0 Å². The minimum absolute atomic E-state index is 0.479. The Bertz CT molecular complexity index is 130. The lowest BCUT2D eigenvalue weighted by Crippen LogP contribution is -2.50. The molecule has 0 aliphatic heterocycles. The number of amides is 1. The second kappa shape index (κ2) is 2.96. The van der Waals surface area contributed by atoms with Gasteiger partial charge in [-0.1, -0.05) is 0 Å². The van der Waals surface area contributed by atoms with Gasteiger partial charge in [0.25, 0.3) is 0 Å². The summed E-state index contributed by atoms with van der Waals surface area (Å²) in [5, 5.41) is 2.27. The van der Waals surface area contributed by atoms with E-state index < -0.39 is 17.6 Å². The molecule has 3 N–H and O–H groups in total. The van der Waals surface area contributed by atoms with Crippen LogP contribution in [-0.2, 0) is 4.79 Å². The van der Waals surface area contributed by atoms with Crippen LogP contribution in [-0.4, -0.2) is 24.7 Å². The molecular weight excluding hydrogens is 135 g/mol. The summed E-state index contributed by atoms with van der Waals surface area (Å²) < 4.78 is 12.8. The maximum absolute atomic E-state index is 12.8. The van der Waals surface area contributed by atoms with Crippen molar-refractivity contribution in [1.29, 1.82) is 0 Å². The van der Waals surface area contributed by atoms with E-state index in [1.54, 1.807) is 0 Å². The third-order valence-corrected chi connectivity index (χ3v) is 1.27. The molecular formula is C6H13FN2O. The van der Waals surface area contributed by atoms with Crippen LogP contribution >= 0.6 is 0 Å². The molecule has 1 amide bonds. The molecule has 0 saturated heterocycles. The van der Waals surface area contributed by atoms with Crippen LogP contribution in [0.4, 0.5) is 4.39 Å². The van der Waals surface area contributed by atoms with Crippen molar-refractivity contribution in [3.63, 3.8) is 0 Å². The lowest BCUT2D eigenvalue weighted by atomic mass is 10.0. The van der Waals surface area contributed by atoms with Gasteiger partial charge in [-0.25, -0.2) is 4.39 Å². The summed E-state index contributed by atoms with van der Waals surface area (Å²) >= 11 is 0. The molecule has 3 nitrogen and oxygen atoms in total. The highest BCUT2D eigenvalue weighted by atomic mass is 19.1. The molecule has 0 spiro atoms. The third kappa shape index (κ3) is 2.31. The van der Waals surface area contributed by atoms with Gasteiger partial charge in [-0.3, -0.25) is 4.79 Å². The minimum Gasteiger partial charge on any atom is -0.358 e. The lowest BCUT2D eigenvalue weighted by molar-refractivity contribution is -0.124. The van der Waals surface area contributed by atoms with Gasteiger partial charge in [0.2, 0.25) is 5.91 Å². The van der Waals surface area contributed by atoms with Crippen molar-refractivity contribution in [2.75, 3.05) is 7.05 Å². The number of carbonyl (C=O) groups is 1. The number of halogens is 1. The Balaban J connectivity index is 4.08. The van der Waals surface area contributed by atoms with Gasteiger partial charge in [0.1, 0.15) is 11.7 Å². The van der Waals surface area contributed by atoms with E-state index in [9.17, 15) is 9.18 Å². The molecule has 1 atom stereocenters. The van der Waals surface area contributed by atoms with E-state index in [0.717, 1.165) is 0 Å². The number of rotatable bonds is 2. The summed E-state index contributed by atoms with van der Waals surface area (Å²) in [6, 6.07) is -1.09. The molecule has 0 aromatic rings. The monoisotopic (exact) mass is 148 g/mol. The van der Waals surface area contributed by atoms with Gasteiger partial charge in [0.15, 0.2) is 0 Å². The molecule has 0 rings (SSSR count). The number of hydrogen-bond donors (Lipinski definition) is 2. The highest BCUT2D eigenvalue weighted by molar-refractivity contribution is 5.82. The van der Waals surface area contributed by atoms with Crippen molar-refractivity contribution in [3.8, 4) is 0 Å². The summed E-state index contributed by atoms with van der Waals surface area (Å²) in [6.45, 7) is 2.54. The smallest absolute Gasteiger partial charge is 0.239 e. The van der Waals surface area contributed by atoms with Crippen LogP contribution < -0.4 is 11.1 Å². The Kier molecular flexibility index (Phi) is 2.77.